The van der Waals surface area contributed by atoms with Crippen molar-refractivity contribution >= 4 is 0 Å². The molecule has 1 saturated carbocycles. The molecule has 1 N–H and O–H groups in total. The zero-order valence-electron chi connectivity index (χ0n) is 11.4. The number of hydrogen-bond acceptors (Lipinski definition) is 3. The SMILES string of the molecule is CC1CCN(C2CCCCC2)CC(CO)N1C. The van der Waals surface area contributed by atoms with Crippen LogP contribution in [0, 0.1) is 0 Å². The van der Waals surface area contributed by atoms with E-state index < -0.39 is 0 Å². The van der Waals surface area contributed by atoms with Gasteiger partial charge in [0.2, 0.25) is 0 Å². The Kier molecular flexibility index (Phi) is 4.83. The van der Waals surface area contributed by atoms with Crippen molar-refractivity contribution in [2.75, 3.05) is 26.7 Å². The molecule has 0 aromatic carbocycles. The molecule has 0 radical (unpaired) electrons. The topological polar surface area (TPSA) is 26.7 Å². The zero-order valence-corrected chi connectivity index (χ0v) is 11.4. The van der Waals surface area contributed by atoms with E-state index >= 15 is 0 Å². The van der Waals surface area contributed by atoms with Gasteiger partial charge in [0.25, 0.3) is 0 Å². The van der Waals surface area contributed by atoms with Gasteiger partial charge in [-0.15, -0.1) is 0 Å². The summed E-state index contributed by atoms with van der Waals surface area (Å²) in [7, 11) is 2.16. The lowest BCUT2D eigenvalue weighted by molar-refractivity contribution is 0.0902. The van der Waals surface area contributed by atoms with Crippen LogP contribution in [0.1, 0.15) is 45.4 Å². The lowest BCUT2D eigenvalue weighted by Gasteiger charge is -2.35. The molecule has 2 fully saturated rings. The maximum Gasteiger partial charge on any atom is 0.0599 e. The van der Waals surface area contributed by atoms with Gasteiger partial charge in [-0.1, -0.05) is 19.3 Å². The first-order valence-corrected chi connectivity index (χ1v) is 7.29. The van der Waals surface area contributed by atoms with Crippen molar-refractivity contribution < 1.29 is 5.11 Å². The standard InChI is InChI=1S/C14H28N2O/c1-12-8-9-16(10-14(11-17)15(12)2)13-6-4-3-5-7-13/h12-14,17H,3-11H2,1-2H3. The predicted octanol–water partition coefficient (Wildman–Crippen LogP) is 1.71. The van der Waals surface area contributed by atoms with E-state index in [0.717, 1.165) is 12.6 Å². The lowest BCUT2D eigenvalue weighted by atomic mass is 9.94. The van der Waals surface area contributed by atoms with Crippen molar-refractivity contribution in [3.63, 3.8) is 0 Å². The molecular formula is C14H28N2O. The minimum Gasteiger partial charge on any atom is -0.395 e. The second-order valence-electron chi connectivity index (χ2n) is 5.93. The summed E-state index contributed by atoms with van der Waals surface area (Å²) in [6.45, 7) is 4.85. The van der Waals surface area contributed by atoms with Gasteiger partial charge in [-0.05, 0) is 39.8 Å². The summed E-state index contributed by atoms with van der Waals surface area (Å²) in [5, 5.41) is 9.55. The van der Waals surface area contributed by atoms with Crippen LogP contribution in [0.4, 0.5) is 0 Å². The van der Waals surface area contributed by atoms with Crippen LogP contribution in [-0.2, 0) is 0 Å². The minimum absolute atomic E-state index is 0.296. The molecule has 100 valence electrons. The smallest absolute Gasteiger partial charge is 0.0599 e. The highest BCUT2D eigenvalue weighted by atomic mass is 16.3. The Bertz CT molecular complexity index is 228. The molecule has 0 aromatic rings. The molecule has 2 aliphatic rings. The van der Waals surface area contributed by atoms with Gasteiger partial charge in [-0.2, -0.15) is 0 Å². The van der Waals surface area contributed by atoms with Gasteiger partial charge in [0.1, 0.15) is 0 Å². The van der Waals surface area contributed by atoms with Crippen LogP contribution < -0.4 is 0 Å². The summed E-state index contributed by atoms with van der Waals surface area (Å²) < 4.78 is 0. The van der Waals surface area contributed by atoms with Gasteiger partial charge in [-0.25, -0.2) is 0 Å². The van der Waals surface area contributed by atoms with Gasteiger partial charge < -0.3 is 5.11 Å². The van der Waals surface area contributed by atoms with Gasteiger partial charge in [0.05, 0.1) is 6.61 Å². The largest absolute Gasteiger partial charge is 0.395 e. The minimum atomic E-state index is 0.296. The number of aliphatic hydroxyl groups excluding tert-OH is 1. The van der Waals surface area contributed by atoms with E-state index in [2.05, 4.69) is 23.8 Å². The van der Waals surface area contributed by atoms with E-state index in [1.165, 1.54) is 45.1 Å². The molecule has 3 nitrogen and oxygen atoms in total. The first-order valence-electron chi connectivity index (χ1n) is 7.29. The molecule has 0 amide bonds. The molecule has 1 heterocycles. The number of likely N-dealkylation sites (N-methyl/N-ethyl adjacent to an activating group) is 1. The average Bonchev–Trinajstić information content (AvgIpc) is 2.52. The van der Waals surface area contributed by atoms with Crippen molar-refractivity contribution in [2.45, 2.75) is 63.6 Å². The summed E-state index contributed by atoms with van der Waals surface area (Å²) in [4.78, 5) is 5.02. The molecule has 2 unspecified atom stereocenters. The lowest BCUT2D eigenvalue weighted by Crippen LogP contribution is -2.46. The highest BCUT2D eigenvalue weighted by molar-refractivity contribution is 4.86. The molecule has 2 rings (SSSR count). The molecular weight excluding hydrogens is 212 g/mol. The summed E-state index contributed by atoms with van der Waals surface area (Å²) in [6.07, 6.45) is 8.20. The molecule has 3 heteroatoms. The van der Waals surface area contributed by atoms with Gasteiger partial charge in [0.15, 0.2) is 0 Å². The van der Waals surface area contributed by atoms with Gasteiger partial charge >= 0.3 is 0 Å². The van der Waals surface area contributed by atoms with Crippen LogP contribution in [0.3, 0.4) is 0 Å². The van der Waals surface area contributed by atoms with Crippen molar-refractivity contribution in [1.82, 2.24) is 9.80 Å². The van der Waals surface area contributed by atoms with Crippen LogP contribution in [0.5, 0.6) is 0 Å². The van der Waals surface area contributed by atoms with E-state index in [1.807, 2.05) is 0 Å². The second kappa shape index (κ2) is 6.17. The van der Waals surface area contributed by atoms with Crippen molar-refractivity contribution in [2.24, 2.45) is 0 Å². The van der Waals surface area contributed by atoms with Gasteiger partial charge in [-0.3, -0.25) is 9.80 Å². The fourth-order valence-electron chi connectivity index (χ4n) is 3.37. The molecule has 0 aromatic heterocycles. The van der Waals surface area contributed by atoms with Gasteiger partial charge in [0, 0.05) is 24.7 Å². The molecule has 0 spiro atoms. The van der Waals surface area contributed by atoms with Crippen molar-refractivity contribution in [1.29, 1.82) is 0 Å². The normalized spacial score (nSPS) is 34.8. The third-order valence-electron chi connectivity index (χ3n) is 4.85. The maximum atomic E-state index is 9.55. The van der Waals surface area contributed by atoms with Crippen LogP contribution in [0.2, 0.25) is 0 Å². The quantitative estimate of drug-likeness (QED) is 0.796. The third-order valence-corrected chi connectivity index (χ3v) is 4.85. The van der Waals surface area contributed by atoms with E-state index in [9.17, 15) is 5.11 Å². The van der Waals surface area contributed by atoms with Crippen LogP contribution >= 0.6 is 0 Å². The molecule has 17 heavy (non-hydrogen) atoms. The highest BCUT2D eigenvalue weighted by Gasteiger charge is 2.30. The Morgan fingerprint density at radius 2 is 1.82 bits per heavy atom. The Morgan fingerprint density at radius 1 is 1.12 bits per heavy atom. The zero-order chi connectivity index (χ0) is 12.3. The average molecular weight is 240 g/mol. The fraction of sp³-hybridized carbons (Fsp3) is 1.00. The molecule has 2 atom stereocenters. The Hall–Kier alpha value is -0.120. The highest BCUT2D eigenvalue weighted by Crippen LogP contribution is 2.25. The number of hydrogen-bond donors (Lipinski definition) is 1. The first kappa shape index (κ1) is 13.3. The van der Waals surface area contributed by atoms with E-state index in [0.29, 0.717) is 18.7 Å². The number of nitrogens with zero attached hydrogens (tertiary/aromatic N) is 2. The summed E-state index contributed by atoms with van der Waals surface area (Å²) >= 11 is 0. The molecule has 1 saturated heterocycles. The van der Waals surface area contributed by atoms with Crippen LogP contribution in [0.25, 0.3) is 0 Å². The number of aliphatic hydroxyl groups is 1. The Morgan fingerprint density at radius 3 is 2.47 bits per heavy atom. The Labute approximate surface area is 106 Å². The molecule has 0 bridgehead atoms. The fourth-order valence-corrected chi connectivity index (χ4v) is 3.37. The number of rotatable bonds is 2. The predicted molar refractivity (Wildman–Crippen MR) is 71.2 cm³/mol. The van der Waals surface area contributed by atoms with Crippen molar-refractivity contribution in [3.05, 3.63) is 0 Å². The van der Waals surface area contributed by atoms with Crippen molar-refractivity contribution in [3.8, 4) is 0 Å². The summed E-state index contributed by atoms with van der Waals surface area (Å²) in [6, 6.07) is 1.71. The first-order chi connectivity index (χ1) is 8.22. The van der Waals surface area contributed by atoms with Crippen LogP contribution in [0.15, 0.2) is 0 Å². The van der Waals surface area contributed by atoms with Crippen LogP contribution in [-0.4, -0.2) is 59.8 Å². The van der Waals surface area contributed by atoms with E-state index in [1.54, 1.807) is 0 Å². The second-order valence-corrected chi connectivity index (χ2v) is 5.93. The van der Waals surface area contributed by atoms with E-state index in [-0.39, 0.29) is 0 Å². The maximum absolute atomic E-state index is 9.55. The molecule has 1 aliphatic heterocycles. The summed E-state index contributed by atoms with van der Waals surface area (Å²) in [5.41, 5.74) is 0. The monoisotopic (exact) mass is 240 g/mol. The van der Waals surface area contributed by atoms with E-state index in [4.69, 9.17) is 0 Å². The summed E-state index contributed by atoms with van der Waals surface area (Å²) in [5.74, 6) is 0. The third kappa shape index (κ3) is 3.21. The Balaban J connectivity index is 1.98. The molecule has 1 aliphatic carbocycles.